The average molecular weight is 418 g/mol. The Morgan fingerprint density at radius 1 is 1.00 bits per heavy atom. The first kappa shape index (κ1) is 21.8. The smallest absolute Gasteiger partial charge is 0.408 e. The number of rotatable bonds is 5. The third kappa shape index (κ3) is 5.39. The van der Waals surface area contributed by atoms with Gasteiger partial charge in [-0.2, -0.15) is 0 Å². The van der Waals surface area contributed by atoms with E-state index in [4.69, 9.17) is 5.73 Å². The second kappa shape index (κ2) is 8.87. The van der Waals surface area contributed by atoms with Crippen molar-refractivity contribution in [2.75, 3.05) is 11.1 Å². The molecule has 0 saturated heterocycles. The molecule has 3 rings (SSSR count). The number of aromatic nitrogens is 1. The zero-order chi connectivity index (χ0) is 22.6. The van der Waals surface area contributed by atoms with E-state index in [1.165, 1.54) is 4.90 Å². The minimum absolute atomic E-state index is 0.231. The van der Waals surface area contributed by atoms with E-state index in [0.717, 1.165) is 11.1 Å². The minimum Gasteiger partial charge on any atom is -0.465 e. The van der Waals surface area contributed by atoms with Crippen molar-refractivity contribution >= 4 is 23.5 Å². The van der Waals surface area contributed by atoms with Crippen molar-refractivity contribution in [2.24, 2.45) is 0 Å². The molecule has 0 aliphatic rings. The number of nitrogens with zero attached hydrogens (tertiary/aromatic N) is 2. The summed E-state index contributed by atoms with van der Waals surface area (Å²) in [5.74, 6) is -0.0536. The topological polar surface area (TPSA) is 109 Å². The standard InChI is InChI=1S/C24H26N4O3/c1-24(2,3)28(23(30)31)15-16-9-11-18(12-10-16)22(29)27-21-19(25)13-14-20(26-21)17-7-5-4-6-8-17/h4-14H,15,25H2,1-3H3,(H,30,31)(H,26,27,29). The predicted octanol–water partition coefficient (Wildman–Crippen LogP) is 4.86. The molecule has 31 heavy (non-hydrogen) atoms. The summed E-state index contributed by atoms with van der Waals surface area (Å²) in [6, 6.07) is 19.9. The maximum absolute atomic E-state index is 12.7. The number of nitrogens with one attached hydrogen (secondary N) is 1. The lowest BCUT2D eigenvalue weighted by Crippen LogP contribution is -2.44. The summed E-state index contributed by atoms with van der Waals surface area (Å²) in [7, 11) is 0. The van der Waals surface area contributed by atoms with E-state index in [-0.39, 0.29) is 12.5 Å². The predicted molar refractivity (Wildman–Crippen MR) is 122 cm³/mol. The molecule has 0 atom stereocenters. The second-order valence-corrected chi connectivity index (χ2v) is 8.19. The molecule has 4 N–H and O–H groups in total. The van der Waals surface area contributed by atoms with Crippen molar-refractivity contribution in [3.63, 3.8) is 0 Å². The summed E-state index contributed by atoms with van der Waals surface area (Å²) in [6.45, 7) is 5.74. The molecule has 2 amide bonds. The minimum atomic E-state index is -0.992. The van der Waals surface area contributed by atoms with Crippen LogP contribution in [0.4, 0.5) is 16.3 Å². The van der Waals surface area contributed by atoms with Crippen molar-refractivity contribution in [3.8, 4) is 11.3 Å². The van der Waals surface area contributed by atoms with Crippen LogP contribution in [-0.2, 0) is 6.54 Å². The Bertz CT molecular complexity index is 1070. The summed E-state index contributed by atoms with van der Waals surface area (Å²) in [6.07, 6.45) is -0.992. The Hall–Kier alpha value is -3.87. The molecule has 7 heteroatoms. The molecule has 7 nitrogen and oxygen atoms in total. The van der Waals surface area contributed by atoms with E-state index in [1.54, 1.807) is 36.4 Å². The van der Waals surface area contributed by atoms with E-state index < -0.39 is 11.6 Å². The number of carbonyl (C=O) groups excluding carboxylic acids is 1. The van der Waals surface area contributed by atoms with Gasteiger partial charge in [0.1, 0.15) is 0 Å². The monoisotopic (exact) mass is 418 g/mol. The lowest BCUT2D eigenvalue weighted by molar-refractivity contribution is 0.0953. The lowest BCUT2D eigenvalue weighted by atomic mass is 10.0. The van der Waals surface area contributed by atoms with Crippen LogP contribution >= 0.6 is 0 Å². The van der Waals surface area contributed by atoms with Crippen LogP contribution in [0.2, 0.25) is 0 Å². The Balaban J connectivity index is 1.75. The lowest BCUT2D eigenvalue weighted by Gasteiger charge is -2.33. The molecule has 0 radical (unpaired) electrons. The molecule has 0 unspecified atom stereocenters. The maximum Gasteiger partial charge on any atom is 0.408 e. The van der Waals surface area contributed by atoms with Gasteiger partial charge in [-0.15, -0.1) is 0 Å². The van der Waals surface area contributed by atoms with Crippen LogP contribution in [0.15, 0.2) is 66.7 Å². The maximum atomic E-state index is 12.7. The van der Waals surface area contributed by atoms with Crippen molar-refractivity contribution in [1.29, 1.82) is 0 Å². The van der Waals surface area contributed by atoms with E-state index in [2.05, 4.69) is 10.3 Å². The first-order chi connectivity index (χ1) is 14.6. The van der Waals surface area contributed by atoms with Crippen LogP contribution < -0.4 is 11.1 Å². The Labute approximate surface area is 181 Å². The number of carboxylic acid groups (broad SMARTS) is 1. The van der Waals surface area contributed by atoms with Crippen LogP contribution in [0.3, 0.4) is 0 Å². The molecule has 0 spiro atoms. The van der Waals surface area contributed by atoms with E-state index in [9.17, 15) is 14.7 Å². The van der Waals surface area contributed by atoms with Gasteiger partial charge in [-0.05, 0) is 50.6 Å². The third-order valence-corrected chi connectivity index (χ3v) is 4.83. The van der Waals surface area contributed by atoms with Gasteiger partial charge in [-0.25, -0.2) is 9.78 Å². The second-order valence-electron chi connectivity index (χ2n) is 8.19. The van der Waals surface area contributed by atoms with Crippen molar-refractivity contribution in [3.05, 3.63) is 77.9 Å². The number of amides is 2. The number of carbonyl (C=O) groups is 2. The summed E-state index contributed by atoms with van der Waals surface area (Å²) in [4.78, 5) is 30.1. The summed E-state index contributed by atoms with van der Waals surface area (Å²) in [5.41, 5.74) is 8.68. The largest absolute Gasteiger partial charge is 0.465 e. The number of nitrogens with two attached hydrogens (primary N) is 1. The number of anilines is 2. The summed E-state index contributed by atoms with van der Waals surface area (Å²) >= 11 is 0. The Morgan fingerprint density at radius 2 is 1.65 bits per heavy atom. The Kier molecular flexibility index (Phi) is 6.25. The van der Waals surface area contributed by atoms with Gasteiger partial charge in [0, 0.05) is 23.2 Å². The van der Waals surface area contributed by atoms with Crippen LogP contribution in [0.25, 0.3) is 11.3 Å². The molecular formula is C24H26N4O3. The average Bonchev–Trinajstić information content (AvgIpc) is 2.73. The quantitative estimate of drug-likeness (QED) is 0.548. The zero-order valence-electron chi connectivity index (χ0n) is 17.8. The molecule has 0 aliphatic carbocycles. The zero-order valence-corrected chi connectivity index (χ0v) is 17.8. The number of hydrogen-bond donors (Lipinski definition) is 3. The molecule has 0 aliphatic heterocycles. The molecule has 0 saturated carbocycles. The first-order valence-electron chi connectivity index (χ1n) is 9.88. The highest BCUT2D eigenvalue weighted by atomic mass is 16.4. The Morgan fingerprint density at radius 3 is 2.23 bits per heavy atom. The third-order valence-electron chi connectivity index (χ3n) is 4.83. The van der Waals surface area contributed by atoms with E-state index in [1.807, 2.05) is 51.1 Å². The van der Waals surface area contributed by atoms with Gasteiger partial charge in [0.25, 0.3) is 5.91 Å². The normalized spacial score (nSPS) is 11.1. The molecule has 2 aromatic carbocycles. The number of hydrogen-bond acceptors (Lipinski definition) is 4. The molecule has 0 bridgehead atoms. The number of benzene rings is 2. The highest BCUT2D eigenvalue weighted by Crippen LogP contribution is 2.24. The van der Waals surface area contributed by atoms with Crippen LogP contribution in [0.5, 0.6) is 0 Å². The molecule has 1 heterocycles. The van der Waals surface area contributed by atoms with E-state index >= 15 is 0 Å². The molecule has 160 valence electrons. The number of nitrogen functional groups attached to an aromatic ring is 1. The molecule has 3 aromatic rings. The fourth-order valence-electron chi connectivity index (χ4n) is 3.06. The van der Waals surface area contributed by atoms with Gasteiger partial charge in [0.2, 0.25) is 0 Å². The van der Waals surface area contributed by atoms with Crippen molar-refractivity contribution in [2.45, 2.75) is 32.9 Å². The van der Waals surface area contributed by atoms with Gasteiger partial charge in [0.05, 0.1) is 11.4 Å². The van der Waals surface area contributed by atoms with Crippen molar-refractivity contribution < 1.29 is 14.7 Å². The summed E-state index contributed by atoms with van der Waals surface area (Å²) < 4.78 is 0. The first-order valence-corrected chi connectivity index (χ1v) is 9.88. The fourth-order valence-corrected chi connectivity index (χ4v) is 3.06. The number of pyridine rings is 1. The van der Waals surface area contributed by atoms with Gasteiger partial charge in [-0.1, -0.05) is 42.5 Å². The van der Waals surface area contributed by atoms with Gasteiger partial charge < -0.3 is 16.2 Å². The van der Waals surface area contributed by atoms with Gasteiger partial charge >= 0.3 is 6.09 Å². The highest BCUT2D eigenvalue weighted by molar-refractivity contribution is 6.05. The highest BCUT2D eigenvalue weighted by Gasteiger charge is 2.26. The van der Waals surface area contributed by atoms with Crippen LogP contribution in [0, 0.1) is 0 Å². The van der Waals surface area contributed by atoms with Crippen LogP contribution in [-0.4, -0.2) is 32.5 Å². The van der Waals surface area contributed by atoms with Crippen molar-refractivity contribution in [1.82, 2.24) is 9.88 Å². The van der Waals surface area contributed by atoms with Crippen LogP contribution in [0.1, 0.15) is 36.7 Å². The molecular weight excluding hydrogens is 392 g/mol. The fraction of sp³-hybridized carbons (Fsp3) is 0.208. The van der Waals surface area contributed by atoms with Gasteiger partial charge in [-0.3, -0.25) is 9.69 Å². The summed E-state index contributed by atoms with van der Waals surface area (Å²) in [5, 5.41) is 12.2. The van der Waals surface area contributed by atoms with E-state index in [0.29, 0.717) is 22.8 Å². The van der Waals surface area contributed by atoms with Gasteiger partial charge in [0.15, 0.2) is 5.82 Å². The molecule has 1 aromatic heterocycles. The molecule has 0 fully saturated rings. The SMILES string of the molecule is CC(C)(C)N(Cc1ccc(C(=O)Nc2nc(-c3ccccc3)ccc2N)cc1)C(=O)O.